The van der Waals surface area contributed by atoms with E-state index in [1.54, 1.807) is 0 Å². The van der Waals surface area contributed by atoms with E-state index in [4.69, 9.17) is 4.74 Å². The van der Waals surface area contributed by atoms with Gasteiger partial charge in [-0.2, -0.15) is 0 Å². The molecule has 116 valence electrons. The number of ether oxygens (including phenoxy) is 1. The topological polar surface area (TPSA) is 26.3 Å². The number of hydrogen-bond donors (Lipinski definition) is 0. The highest BCUT2D eigenvalue weighted by Gasteiger charge is 2.14. The summed E-state index contributed by atoms with van der Waals surface area (Å²) in [5.41, 5.74) is 0. The lowest BCUT2D eigenvalue weighted by Crippen LogP contribution is -2.16. The van der Waals surface area contributed by atoms with E-state index in [2.05, 4.69) is 18.8 Å². The summed E-state index contributed by atoms with van der Waals surface area (Å²) >= 11 is 0. The summed E-state index contributed by atoms with van der Waals surface area (Å²) in [4.78, 5) is 11.6. The van der Waals surface area contributed by atoms with Gasteiger partial charge in [-0.1, -0.05) is 46.5 Å². The molecule has 0 radical (unpaired) electrons. The highest BCUT2D eigenvalue weighted by Crippen LogP contribution is 2.11. The Labute approximate surface area is 125 Å². The molecule has 0 rings (SSSR count). The van der Waals surface area contributed by atoms with Crippen LogP contribution in [0.25, 0.3) is 0 Å². The van der Waals surface area contributed by atoms with Crippen LogP contribution >= 0.6 is 0 Å². The Hall–Kier alpha value is -0.970. The summed E-state index contributed by atoms with van der Waals surface area (Å²) in [6.45, 7) is 6.76. The Kier molecular flexibility index (Phi) is 13.7. The van der Waals surface area contributed by atoms with E-state index in [0.717, 1.165) is 38.5 Å². The van der Waals surface area contributed by atoms with Crippen LogP contribution in [0.5, 0.6) is 0 Å². The molecule has 0 aliphatic carbocycles. The molecule has 0 aliphatic rings. The fraction of sp³-hybridized carbons (Fsp3) is 0.833. The van der Waals surface area contributed by atoms with Crippen molar-refractivity contribution in [2.75, 3.05) is 6.61 Å². The summed E-state index contributed by atoms with van der Waals surface area (Å²) in [6, 6.07) is 0. The lowest BCUT2D eigenvalue weighted by molar-refractivity contribution is -0.148. The Morgan fingerprint density at radius 2 is 1.50 bits per heavy atom. The van der Waals surface area contributed by atoms with Gasteiger partial charge in [0.25, 0.3) is 0 Å². The highest BCUT2D eigenvalue weighted by molar-refractivity contribution is 5.72. The van der Waals surface area contributed by atoms with Crippen LogP contribution in [0, 0.1) is 17.8 Å². The van der Waals surface area contributed by atoms with E-state index in [-0.39, 0.29) is 11.9 Å². The third-order valence-corrected chi connectivity index (χ3v) is 3.56. The molecule has 0 saturated heterocycles. The minimum Gasteiger partial charge on any atom is -0.465 e. The largest absolute Gasteiger partial charge is 0.465 e. The molecule has 0 amide bonds. The molecule has 0 bridgehead atoms. The van der Waals surface area contributed by atoms with Crippen LogP contribution in [-0.2, 0) is 9.53 Å². The lowest BCUT2D eigenvalue weighted by atomic mass is 10.0. The van der Waals surface area contributed by atoms with Gasteiger partial charge in [0.1, 0.15) is 0 Å². The van der Waals surface area contributed by atoms with Crippen molar-refractivity contribution in [1.82, 2.24) is 0 Å². The van der Waals surface area contributed by atoms with Crippen LogP contribution in [0.1, 0.15) is 85.0 Å². The van der Waals surface area contributed by atoms with Crippen molar-refractivity contribution in [2.24, 2.45) is 5.92 Å². The Morgan fingerprint density at radius 1 is 0.900 bits per heavy atom. The first-order valence-electron chi connectivity index (χ1n) is 8.38. The number of carbonyl (C=O) groups is 1. The van der Waals surface area contributed by atoms with E-state index < -0.39 is 0 Å². The molecule has 0 unspecified atom stereocenters. The number of esters is 1. The molecule has 20 heavy (non-hydrogen) atoms. The Morgan fingerprint density at radius 3 is 2.10 bits per heavy atom. The summed E-state index contributed by atoms with van der Waals surface area (Å²) in [5.74, 6) is 6.36. The molecule has 0 heterocycles. The molecule has 0 atom stereocenters. The van der Waals surface area contributed by atoms with E-state index >= 15 is 0 Å². The van der Waals surface area contributed by atoms with Crippen LogP contribution in [0.4, 0.5) is 0 Å². The zero-order valence-electron chi connectivity index (χ0n) is 13.7. The zero-order chi connectivity index (χ0) is 15.1. The molecule has 0 saturated carbocycles. The summed E-state index contributed by atoms with van der Waals surface area (Å²) in [6.07, 6.45) is 10.9. The van der Waals surface area contributed by atoms with E-state index in [1.807, 2.05) is 13.8 Å². The molecule has 0 spiro atoms. The van der Waals surface area contributed by atoms with Crippen molar-refractivity contribution in [2.45, 2.75) is 85.0 Å². The van der Waals surface area contributed by atoms with Crippen LogP contribution in [0.3, 0.4) is 0 Å². The number of hydrogen-bond acceptors (Lipinski definition) is 2. The third kappa shape index (κ3) is 10.9. The fourth-order valence-corrected chi connectivity index (χ4v) is 2.15. The SMILES string of the molecule is CCC#CCCCCCCCCOC(=O)C(CC)CC. The van der Waals surface area contributed by atoms with Crippen molar-refractivity contribution < 1.29 is 9.53 Å². The highest BCUT2D eigenvalue weighted by atomic mass is 16.5. The number of rotatable bonds is 11. The maximum Gasteiger partial charge on any atom is 0.308 e. The van der Waals surface area contributed by atoms with Gasteiger partial charge in [-0.05, 0) is 25.7 Å². The third-order valence-electron chi connectivity index (χ3n) is 3.56. The maximum absolute atomic E-state index is 11.6. The first-order chi connectivity index (χ1) is 9.76. The molecular formula is C18H32O2. The molecule has 0 aromatic rings. The molecular weight excluding hydrogens is 248 g/mol. The van der Waals surface area contributed by atoms with Crippen LogP contribution in [-0.4, -0.2) is 12.6 Å². The quantitative estimate of drug-likeness (QED) is 0.299. The molecule has 0 N–H and O–H groups in total. The zero-order valence-corrected chi connectivity index (χ0v) is 13.7. The summed E-state index contributed by atoms with van der Waals surface area (Å²) < 4.78 is 5.30. The van der Waals surface area contributed by atoms with Crippen LogP contribution < -0.4 is 0 Å². The van der Waals surface area contributed by atoms with Gasteiger partial charge in [0.2, 0.25) is 0 Å². The van der Waals surface area contributed by atoms with E-state index in [0.29, 0.717) is 6.61 Å². The van der Waals surface area contributed by atoms with Gasteiger partial charge in [-0.25, -0.2) is 0 Å². The van der Waals surface area contributed by atoms with Crippen molar-refractivity contribution >= 4 is 5.97 Å². The second kappa shape index (κ2) is 14.4. The first-order valence-corrected chi connectivity index (χ1v) is 8.38. The van der Waals surface area contributed by atoms with Crippen molar-refractivity contribution in [3.63, 3.8) is 0 Å². The van der Waals surface area contributed by atoms with Crippen LogP contribution in [0.15, 0.2) is 0 Å². The average Bonchev–Trinajstić information content (AvgIpc) is 2.46. The molecule has 0 aromatic carbocycles. The maximum atomic E-state index is 11.6. The average molecular weight is 280 g/mol. The fourth-order valence-electron chi connectivity index (χ4n) is 2.15. The van der Waals surface area contributed by atoms with Crippen molar-refractivity contribution in [1.29, 1.82) is 0 Å². The van der Waals surface area contributed by atoms with Gasteiger partial charge in [-0.3, -0.25) is 4.79 Å². The van der Waals surface area contributed by atoms with Gasteiger partial charge in [0.05, 0.1) is 12.5 Å². The minimum absolute atomic E-state index is 0.00972. The van der Waals surface area contributed by atoms with Gasteiger partial charge >= 0.3 is 5.97 Å². The first kappa shape index (κ1) is 19.0. The molecule has 2 nitrogen and oxygen atoms in total. The van der Waals surface area contributed by atoms with Gasteiger partial charge in [0, 0.05) is 12.8 Å². The second-order valence-electron chi connectivity index (χ2n) is 5.26. The predicted molar refractivity (Wildman–Crippen MR) is 85.4 cm³/mol. The Balaban J connectivity index is 3.30. The second-order valence-corrected chi connectivity index (χ2v) is 5.26. The van der Waals surface area contributed by atoms with Crippen molar-refractivity contribution in [3.8, 4) is 11.8 Å². The Bertz CT molecular complexity index is 282. The molecule has 0 aliphatic heterocycles. The molecule has 0 fully saturated rings. The number of carbonyl (C=O) groups excluding carboxylic acids is 1. The van der Waals surface area contributed by atoms with Gasteiger partial charge in [0.15, 0.2) is 0 Å². The molecule has 0 aromatic heterocycles. The predicted octanol–water partition coefficient (Wildman–Crippen LogP) is 5.11. The minimum atomic E-state index is -0.00972. The normalized spacial score (nSPS) is 10.2. The summed E-state index contributed by atoms with van der Waals surface area (Å²) in [5, 5.41) is 0. The standard InChI is InChI=1S/C18H32O2/c1-4-7-8-9-10-11-12-13-14-15-16-20-18(19)17(5-2)6-3/h17H,4-6,9-16H2,1-3H3. The monoisotopic (exact) mass is 280 g/mol. The van der Waals surface area contributed by atoms with Gasteiger partial charge in [-0.15, -0.1) is 11.8 Å². The lowest BCUT2D eigenvalue weighted by Gasteiger charge is -2.11. The van der Waals surface area contributed by atoms with E-state index in [9.17, 15) is 4.79 Å². The van der Waals surface area contributed by atoms with Gasteiger partial charge < -0.3 is 4.74 Å². The van der Waals surface area contributed by atoms with Crippen molar-refractivity contribution in [3.05, 3.63) is 0 Å². The van der Waals surface area contributed by atoms with E-state index in [1.165, 1.54) is 25.7 Å². The smallest absolute Gasteiger partial charge is 0.308 e. The molecule has 2 heteroatoms. The number of unbranched alkanes of at least 4 members (excludes halogenated alkanes) is 6. The van der Waals surface area contributed by atoms with Crippen LogP contribution in [0.2, 0.25) is 0 Å². The summed E-state index contributed by atoms with van der Waals surface area (Å²) in [7, 11) is 0.